The normalized spacial score (nSPS) is 12.9. The van der Waals surface area contributed by atoms with Gasteiger partial charge >= 0.3 is 6.09 Å². The number of nitrogens with two attached hydrogens (primary N) is 1. The van der Waals surface area contributed by atoms with Gasteiger partial charge in [-0.3, -0.25) is 4.79 Å². The molecule has 4 aromatic carbocycles. The Hall–Kier alpha value is -4.62. The number of benzene rings is 4. The van der Waals surface area contributed by atoms with Crippen LogP contribution in [0.3, 0.4) is 0 Å². The minimum atomic E-state index is -0.941. The number of carbonyl (C=O) groups is 2. The number of hydrogen-bond donors (Lipinski definition) is 2. The molecule has 7 nitrogen and oxygen atoms in total. The van der Waals surface area contributed by atoms with Crippen molar-refractivity contribution in [2.24, 2.45) is 5.73 Å². The van der Waals surface area contributed by atoms with Crippen molar-refractivity contribution in [2.45, 2.75) is 32.2 Å². The number of ether oxygens (including phenoxy) is 2. The molecule has 3 N–H and O–H groups in total. The van der Waals surface area contributed by atoms with Crippen molar-refractivity contribution in [3.05, 3.63) is 131 Å². The van der Waals surface area contributed by atoms with E-state index >= 15 is 0 Å². The average Bonchev–Trinajstić information content (AvgIpc) is 3.42. The molecule has 0 aromatic heterocycles. The minimum absolute atomic E-state index is 0.103. The second-order valence-electron chi connectivity index (χ2n) is 9.39. The van der Waals surface area contributed by atoms with E-state index < -0.39 is 12.1 Å². The highest BCUT2D eigenvalue weighted by Gasteiger charge is 2.33. The van der Waals surface area contributed by atoms with Crippen LogP contribution in [-0.2, 0) is 35.7 Å². The third-order valence-electron chi connectivity index (χ3n) is 6.73. The monoisotopic (exact) mass is 521 g/mol. The maximum absolute atomic E-state index is 13.9. The SMILES string of the molecule is NCc1ccc2c(c1)N(C(=O)[C@@H](NC(=O)OCc1ccccc1)c1ccc(OCc3ccccc3)cc1)CC2. The molecule has 198 valence electrons. The van der Waals surface area contributed by atoms with Crippen LogP contribution in [0.1, 0.15) is 33.9 Å². The predicted octanol–water partition coefficient (Wildman–Crippen LogP) is 5.28. The van der Waals surface area contributed by atoms with E-state index in [1.54, 1.807) is 29.2 Å². The molecular weight excluding hydrogens is 490 g/mol. The van der Waals surface area contributed by atoms with Crippen molar-refractivity contribution >= 4 is 17.7 Å². The van der Waals surface area contributed by atoms with E-state index in [-0.39, 0.29) is 12.5 Å². The lowest BCUT2D eigenvalue weighted by Crippen LogP contribution is -2.42. The van der Waals surface area contributed by atoms with E-state index in [2.05, 4.69) is 5.32 Å². The number of amides is 2. The molecule has 4 aromatic rings. The summed E-state index contributed by atoms with van der Waals surface area (Å²) in [4.78, 5) is 28.5. The third-order valence-corrected chi connectivity index (χ3v) is 6.73. The van der Waals surface area contributed by atoms with Crippen molar-refractivity contribution < 1.29 is 19.1 Å². The van der Waals surface area contributed by atoms with Gasteiger partial charge in [-0.25, -0.2) is 4.79 Å². The lowest BCUT2D eigenvalue weighted by Gasteiger charge is -2.25. The average molecular weight is 522 g/mol. The fourth-order valence-electron chi connectivity index (χ4n) is 4.60. The number of nitrogens with one attached hydrogen (secondary N) is 1. The Bertz CT molecular complexity index is 1410. The second-order valence-corrected chi connectivity index (χ2v) is 9.39. The third kappa shape index (κ3) is 6.45. The molecule has 0 aliphatic carbocycles. The van der Waals surface area contributed by atoms with Gasteiger partial charge in [0, 0.05) is 18.8 Å². The second kappa shape index (κ2) is 12.3. The maximum atomic E-state index is 13.9. The highest BCUT2D eigenvalue weighted by molar-refractivity contribution is 6.01. The molecule has 39 heavy (non-hydrogen) atoms. The quantitative estimate of drug-likeness (QED) is 0.313. The van der Waals surface area contributed by atoms with E-state index in [9.17, 15) is 9.59 Å². The molecule has 0 saturated carbocycles. The number of nitrogens with zero attached hydrogens (tertiary/aromatic N) is 1. The molecule has 2 amide bonds. The molecule has 1 atom stereocenters. The molecule has 1 aliphatic rings. The molecule has 0 unspecified atom stereocenters. The van der Waals surface area contributed by atoms with Crippen LogP contribution in [0, 0.1) is 0 Å². The standard InChI is InChI=1S/C32H31N3O4/c33-20-25-11-12-26-17-18-35(29(26)19-25)31(36)30(34-32(37)39-22-24-9-5-2-6-10-24)27-13-15-28(16-14-27)38-21-23-7-3-1-4-8-23/h1-16,19,30H,17-18,20-22,33H2,(H,34,37)/t30-/m0/s1. The van der Waals surface area contributed by atoms with E-state index in [4.69, 9.17) is 15.2 Å². The van der Waals surface area contributed by atoms with Gasteiger partial charge in [0.1, 0.15) is 25.0 Å². The lowest BCUT2D eigenvalue weighted by molar-refractivity contribution is -0.120. The van der Waals surface area contributed by atoms with Crippen molar-refractivity contribution in [1.29, 1.82) is 0 Å². The number of hydrogen-bond acceptors (Lipinski definition) is 5. The summed E-state index contributed by atoms with van der Waals surface area (Å²) in [7, 11) is 0. The topological polar surface area (TPSA) is 93.9 Å². The number of rotatable bonds is 9. The van der Waals surface area contributed by atoms with E-state index in [1.165, 1.54) is 0 Å². The van der Waals surface area contributed by atoms with Crippen LogP contribution >= 0.6 is 0 Å². The molecule has 5 rings (SSSR count). The molecule has 1 aliphatic heterocycles. The predicted molar refractivity (Wildman–Crippen MR) is 150 cm³/mol. The van der Waals surface area contributed by atoms with Gasteiger partial charge in [0.05, 0.1) is 0 Å². The van der Waals surface area contributed by atoms with Crippen LogP contribution < -0.4 is 20.7 Å². The Kier molecular flexibility index (Phi) is 8.19. The molecule has 0 radical (unpaired) electrons. The summed E-state index contributed by atoms with van der Waals surface area (Å²) < 4.78 is 11.4. The first-order chi connectivity index (χ1) is 19.1. The van der Waals surface area contributed by atoms with E-state index in [0.717, 1.165) is 34.4 Å². The number of fused-ring (bicyclic) bond motifs is 1. The van der Waals surface area contributed by atoms with Gasteiger partial charge < -0.3 is 25.4 Å². The summed E-state index contributed by atoms with van der Waals surface area (Å²) in [6, 6.07) is 31.5. The van der Waals surface area contributed by atoms with Crippen molar-refractivity contribution in [1.82, 2.24) is 5.32 Å². The van der Waals surface area contributed by atoms with Crippen LogP contribution in [-0.4, -0.2) is 18.5 Å². The Labute approximate surface area is 228 Å². The van der Waals surface area contributed by atoms with Gasteiger partial charge in [0.25, 0.3) is 5.91 Å². The molecule has 0 saturated heterocycles. The fraction of sp³-hybridized carbons (Fsp3) is 0.188. The molecule has 0 spiro atoms. The smallest absolute Gasteiger partial charge is 0.408 e. The first-order valence-electron chi connectivity index (χ1n) is 13.0. The number of carbonyl (C=O) groups excluding carboxylic acids is 2. The summed E-state index contributed by atoms with van der Waals surface area (Å²) in [6.45, 7) is 1.44. The van der Waals surface area contributed by atoms with Gasteiger partial charge in [-0.15, -0.1) is 0 Å². The van der Waals surface area contributed by atoms with Crippen molar-refractivity contribution in [3.8, 4) is 5.75 Å². The lowest BCUT2D eigenvalue weighted by atomic mass is 10.0. The fourth-order valence-corrected chi connectivity index (χ4v) is 4.60. The summed E-state index contributed by atoms with van der Waals surface area (Å²) in [6.07, 6.45) is 0.0698. The van der Waals surface area contributed by atoms with E-state index in [0.29, 0.717) is 31.0 Å². The van der Waals surface area contributed by atoms with Crippen LogP contribution in [0.25, 0.3) is 0 Å². The van der Waals surface area contributed by atoms with Crippen LogP contribution in [0.2, 0.25) is 0 Å². The molecular formula is C32H31N3O4. The van der Waals surface area contributed by atoms with Gasteiger partial charge in [-0.2, -0.15) is 0 Å². The Balaban J connectivity index is 1.34. The Morgan fingerprint density at radius 2 is 1.49 bits per heavy atom. The van der Waals surface area contributed by atoms with E-state index in [1.807, 2.05) is 78.9 Å². The Morgan fingerprint density at radius 1 is 0.821 bits per heavy atom. The molecule has 1 heterocycles. The summed E-state index contributed by atoms with van der Waals surface area (Å²) >= 11 is 0. The summed E-state index contributed by atoms with van der Waals surface area (Å²) in [5.41, 5.74) is 11.3. The zero-order valence-electron chi connectivity index (χ0n) is 21.6. The minimum Gasteiger partial charge on any atom is -0.489 e. The van der Waals surface area contributed by atoms with Crippen LogP contribution in [0.4, 0.5) is 10.5 Å². The zero-order valence-corrected chi connectivity index (χ0v) is 21.6. The van der Waals surface area contributed by atoms with Gasteiger partial charge in [-0.05, 0) is 52.4 Å². The summed E-state index contributed by atoms with van der Waals surface area (Å²) in [5, 5.41) is 2.80. The first kappa shape index (κ1) is 26.0. The zero-order chi connectivity index (χ0) is 27.0. The molecule has 0 fully saturated rings. The molecule has 0 bridgehead atoms. The highest BCUT2D eigenvalue weighted by Crippen LogP contribution is 2.32. The molecule has 7 heteroatoms. The maximum Gasteiger partial charge on any atom is 0.408 e. The number of anilines is 1. The van der Waals surface area contributed by atoms with Gasteiger partial charge in [0.15, 0.2) is 0 Å². The highest BCUT2D eigenvalue weighted by atomic mass is 16.5. The largest absolute Gasteiger partial charge is 0.489 e. The summed E-state index contributed by atoms with van der Waals surface area (Å²) in [5.74, 6) is 0.428. The van der Waals surface area contributed by atoms with Gasteiger partial charge in [-0.1, -0.05) is 84.9 Å². The Morgan fingerprint density at radius 3 is 2.15 bits per heavy atom. The first-order valence-corrected chi connectivity index (χ1v) is 13.0. The van der Waals surface area contributed by atoms with Crippen molar-refractivity contribution in [2.75, 3.05) is 11.4 Å². The van der Waals surface area contributed by atoms with Gasteiger partial charge in [0.2, 0.25) is 0 Å². The van der Waals surface area contributed by atoms with Crippen LogP contribution in [0.5, 0.6) is 5.75 Å². The van der Waals surface area contributed by atoms with Crippen LogP contribution in [0.15, 0.2) is 103 Å². The van der Waals surface area contributed by atoms with Crippen molar-refractivity contribution in [3.63, 3.8) is 0 Å². The number of alkyl carbamates (subject to hydrolysis) is 1.